The van der Waals surface area contributed by atoms with E-state index >= 15 is 0 Å². The maximum atomic E-state index is 6.14. The zero-order valence-electron chi connectivity index (χ0n) is 22.5. The molecule has 4 rings (SSSR count). The average molecular weight is 513 g/mol. The summed E-state index contributed by atoms with van der Waals surface area (Å²) >= 11 is 0. The molecule has 0 fully saturated rings. The molecule has 0 saturated heterocycles. The number of aliphatic imine (C=N–C) groups is 2. The van der Waals surface area contributed by atoms with E-state index in [1.807, 2.05) is 100 Å². The van der Waals surface area contributed by atoms with E-state index in [0.29, 0.717) is 24.9 Å². The Kier molecular flexibility index (Phi) is 8.69. The summed E-state index contributed by atoms with van der Waals surface area (Å²) in [6.07, 6.45) is 0.746. The topological polar surface area (TPSA) is 108 Å². The van der Waals surface area contributed by atoms with Crippen LogP contribution in [0, 0.1) is 0 Å². The Balaban J connectivity index is 1.31. The fourth-order valence-corrected chi connectivity index (χ4v) is 3.94. The van der Waals surface area contributed by atoms with Gasteiger partial charge in [-0.05, 0) is 76.2 Å². The zero-order chi connectivity index (χ0) is 27.1. The summed E-state index contributed by atoms with van der Waals surface area (Å²) in [4.78, 5) is 8.80. The van der Waals surface area contributed by atoms with Crippen LogP contribution in [-0.4, -0.2) is 37.0 Å². The Labute approximate surface area is 224 Å². The van der Waals surface area contributed by atoms with Crippen molar-refractivity contribution < 1.29 is 13.9 Å². The van der Waals surface area contributed by atoms with E-state index in [-0.39, 0.29) is 12.1 Å². The van der Waals surface area contributed by atoms with E-state index in [1.54, 1.807) is 0 Å². The van der Waals surface area contributed by atoms with Gasteiger partial charge >= 0.3 is 0 Å². The van der Waals surface area contributed by atoms with Crippen LogP contribution in [0.5, 0.6) is 11.5 Å². The van der Waals surface area contributed by atoms with Gasteiger partial charge in [0.1, 0.15) is 34.5 Å². The molecule has 0 radical (unpaired) electrons. The minimum Gasteiger partial charge on any atom is -0.493 e. The van der Waals surface area contributed by atoms with Crippen LogP contribution in [0.25, 0.3) is 22.3 Å². The minimum atomic E-state index is 0.133. The molecule has 0 bridgehead atoms. The van der Waals surface area contributed by atoms with Crippen molar-refractivity contribution in [3.8, 4) is 22.8 Å². The first-order valence-corrected chi connectivity index (χ1v) is 13.0. The van der Waals surface area contributed by atoms with Crippen LogP contribution in [0.15, 0.2) is 87.2 Å². The Hall–Kier alpha value is -4.26. The number of nitrogens with zero attached hydrogens (tertiary/aromatic N) is 2. The van der Waals surface area contributed by atoms with E-state index in [0.717, 1.165) is 51.3 Å². The number of fused-ring (bicyclic) bond motifs is 1. The Morgan fingerprint density at radius 1 is 0.737 bits per heavy atom. The van der Waals surface area contributed by atoms with E-state index in [2.05, 4.69) is 9.98 Å². The van der Waals surface area contributed by atoms with Crippen molar-refractivity contribution in [2.75, 3.05) is 13.2 Å². The van der Waals surface area contributed by atoms with Gasteiger partial charge in [0.05, 0.1) is 13.2 Å². The lowest BCUT2D eigenvalue weighted by atomic mass is 10.1. The third kappa shape index (κ3) is 7.16. The molecule has 0 aliphatic rings. The lowest BCUT2D eigenvalue weighted by Gasteiger charge is -2.09. The minimum absolute atomic E-state index is 0.133. The lowest BCUT2D eigenvalue weighted by Crippen LogP contribution is -2.15. The van der Waals surface area contributed by atoms with Gasteiger partial charge < -0.3 is 25.4 Å². The maximum absolute atomic E-state index is 6.14. The molecule has 4 N–H and O–H groups in total. The molecule has 7 nitrogen and oxygen atoms in total. The maximum Gasteiger partial charge on any atom is 0.135 e. The third-order valence-corrected chi connectivity index (χ3v) is 5.71. The number of nitrogens with two attached hydrogens (primary N) is 2. The summed E-state index contributed by atoms with van der Waals surface area (Å²) < 4.78 is 17.9. The van der Waals surface area contributed by atoms with Gasteiger partial charge in [0.25, 0.3) is 0 Å². The summed E-state index contributed by atoms with van der Waals surface area (Å²) in [5, 5.41) is 1.01. The van der Waals surface area contributed by atoms with E-state index < -0.39 is 0 Å². The highest BCUT2D eigenvalue weighted by molar-refractivity contribution is 6.00. The van der Waals surface area contributed by atoms with E-state index in [4.69, 9.17) is 25.4 Å². The van der Waals surface area contributed by atoms with Crippen LogP contribution in [0.3, 0.4) is 0 Å². The predicted octanol–water partition coefficient (Wildman–Crippen LogP) is 6.18. The molecule has 198 valence electrons. The molecule has 38 heavy (non-hydrogen) atoms. The van der Waals surface area contributed by atoms with E-state index in [9.17, 15) is 0 Å². The van der Waals surface area contributed by atoms with Crippen molar-refractivity contribution in [1.29, 1.82) is 0 Å². The number of rotatable bonds is 11. The Morgan fingerprint density at radius 2 is 1.37 bits per heavy atom. The quantitative estimate of drug-likeness (QED) is 0.142. The molecule has 0 saturated carbocycles. The monoisotopic (exact) mass is 512 g/mol. The summed E-state index contributed by atoms with van der Waals surface area (Å²) in [6, 6.07) is 23.8. The first-order valence-electron chi connectivity index (χ1n) is 13.0. The van der Waals surface area contributed by atoms with Crippen LogP contribution in [-0.2, 0) is 0 Å². The largest absolute Gasteiger partial charge is 0.493 e. The number of ether oxygens (including phenoxy) is 2. The highest BCUT2D eigenvalue weighted by Crippen LogP contribution is 2.30. The zero-order valence-corrected chi connectivity index (χ0v) is 22.5. The highest BCUT2D eigenvalue weighted by Gasteiger charge is 2.10. The molecule has 7 heteroatoms. The van der Waals surface area contributed by atoms with Crippen LogP contribution < -0.4 is 20.9 Å². The number of hydrogen-bond acceptors (Lipinski definition) is 5. The SMILES string of the molecule is CC(C)N=C(N)c1ccc(OCCCOc2cccc(-c3cc4ccc(C(N)=NC(C)C)cc4o3)c2)cc1. The molecule has 0 aliphatic carbocycles. The summed E-state index contributed by atoms with van der Waals surface area (Å²) in [7, 11) is 0. The second kappa shape index (κ2) is 12.3. The summed E-state index contributed by atoms with van der Waals surface area (Å²) in [6.45, 7) is 9.07. The van der Waals surface area contributed by atoms with Crippen molar-refractivity contribution in [2.45, 2.75) is 46.2 Å². The number of furan rings is 1. The van der Waals surface area contributed by atoms with Crippen molar-refractivity contribution in [1.82, 2.24) is 0 Å². The Bertz CT molecular complexity index is 1420. The van der Waals surface area contributed by atoms with Gasteiger partial charge in [0.2, 0.25) is 0 Å². The van der Waals surface area contributed by atoms with Gasteiger partial charge in [-0.25, -0.2) is 0 Å². The third-order valence-electron chi connectivity index (χ3n) is 5.71. The molecule has 0 atom stereocenters. The average Bonchev–Trinajstić information content (AvgIpc) is 3.32. The van der Waals surface area contributed by atoms with Crippen molar-refractivity contribution in [3.63, 3.8) is 0 Å². The smallest absolute Gasteiger partial charge is 0.135 e. The number of amidine groups is 2. The molecular weight excluding hydrogens is 476 g/mol. The normalized spacial score (nSPS) is 12.5. The van der Waals surface area contributed by atoms with Crippen LogP contribution >= 0.6 is 0 Å². The predicted molar refractivity (Wildman–Crippen MR) is 155 cm³/mol. The van der Waals surface area contributed by atoms with Crippen LogP contribution in [0.4, 0.5) is 0 Å². The van der Waals surface area contributed by atoms with Gasteiger partial charge in [0, 0.05) is 40.6 Å². The van der Waals surface area contributed by atoms with Crippen LogP contribution in [0.1, 0.15) is 45.2 Å². The van der Waals surface area contributed by atoms with Gasteiger partial charge in [-0.2, -0.15) is 0 Å². The lowest BCUT2D eigenvalue weighted by molar-refractivity contribution is 0.247. The molecule has 0 spiro atoms. The van der Waals surface area contributed by atoms with Gasteiger partial charge in [-0.3, -0.25) is 9.98 Å². The van der Waals surface area contributed by atoms with E-state index in [1.165, 1.54) is 0 Å². The standard InChI is InChI=1S/C31H36N4O3/c1-20(2)34-30(32)22-11-13-26(14-12-22)36-15-6-16-37-27-8-5-7-23(17-27)28-18-24-9-10-25(19-29(24)38-28)31(33)35-21(3)4/h5,7-14,17-21H,6,15-16H2,1-4H3,(H2,32,34)(H2,33,35). The molecular formula is C31H36N4O3. The van der Waals surface area contributed by atoms with Gasteiger partial charge in [-0.1, -0.05) is 24.3 Å². The summed E-state index contributed by atoms with van der Waals surface area (Å²) in [5.74, 6) is 3.39. The number of hydrogen-bond donors (Lipinski definition) is 2. The summed E-state index contributed by atoms with van der Waals surface area (Å²) in [5.41, 5.74) is 15.6. The molecule has 4 aromatic rings. The first-order chi connectivity index (χ1) is 18.3. The fraction of sp³-hybridized carbons (Fsp3) is 0.290. The molecule has 1 heterocycles. The second-order valence-corrected chi connectivity index (χ2v) is 9.68. The molecule has 0 aliphatic heterocycles. The second-order valence-electron chi connectivity index (χ2n) is 9.68. The van der Waals surface area contributed by atoms with Crippen molar-refractivity contribution in [2.24, 2.45) is 21.5 Å². The van der Waals surface area contributed by atoms with Crippen molar-refractivity contribution >= 4 is 22.6 Å². The van der Waals surface area contributed by atoms with Gasteiger partial charge in [-0.15, -0.1) is 0 Å². The molecule has 1 aromatic heterocycles. The molecule has 0 amide bonds. The number of benzene rings is 3. The van der Waals surface area contributed by atoms with Crippen molar-refractivity contribution in [3.05, 3.63) is 83.9 Å². The Morgan fingerprint density at radius 3 is 2.05 bits per heavy atom. The first kappa shape index (κ1) is 26.8. The molecule has 0 unspecified atom stereocenters. The highest BCUT2D eigenvalue weighted by atomic mass is 16.5. The van der Waals surface area contributed by atoms with Crippen LogP contribution in [0.2, 0.25) is 0 Å². The molecule has 3 aromatic carbocycles. The van der Waals surface area contributed by atoms with Gasteiger partial charge in [0.15, 0.2) is 0 Å². The fourth-order valence-electron chi connectivity index (χ4n) is 3.94.